The van der Waals surface area contributed by atoms with Crippen molar-refractivity contribution in [2.45, 2.75) is 31.3 Å². The van der Waals surface area contributed by atoms with Crippen molar-refractivity contribution in [3.05, 3.63) is 61.1 Å². The molecule has 0 bridgehead atoms. The van der Waals surface area contributed by atoms with Gasteiger partial charge >= 0.3 is 6.18 Å². The molecule has 10 heteroatoms. The zero-order valence-corrected chi connectivity index (χ0v) is 21.5. The molecule has 0 saturated carbocycles. The third kappa shape index (κ3) is 6.07. The number of ether oxygens (including phenoxy) is 1. The van der Waals surface area contributed by atoms with Crippen molar-refractivity contribution in [2.24, 2.45) is 0 Å². The molecule has 37 heavy (non-hydrogen) atoms. The highest BCUT2D eigenvalue weighted by Gasteiger charge is 2.29. The molecule has 0 fully saturated rings. The average molecular weight is 533 g/mol. The summed E-state index contributed by atoms with van der Waals surface area (Å²) in [6.45, 7) is 6.60. The number of alkyl halides is 3. The zero-order chi connectivity index (χ0) is 26.8. The van der Waals surface area contributed by atoms with Crippen LogP contribution in [0.2, 0.25) is 0 Å². The molecule has 0 spiro atoms. The number of H-pyrrole nitrogens is 1. The first-order valence-corrected chi connectivity index (χ1v) is 13.6. The number of hydrogen-bond donors (Lipinski definition) is 1. The average Bonchev–Trinajstić information content (AvgIpc) is 3.24. The summed E-state index contributed by atoms with van der Waals surface area (Å²) in [6.07, 6.45) is -2.13. The van der Waals surface area contributed by atoms with Gasteiger partial charge in [0.2, 0.25) is 0 Å². The predicted molar refractivity (Wildman–Crippen MR) is 139 cm³/mol. The van der Waals surface area contributed by atoms with E-state index in [1.165, 1.54) is 4.90 Å². The number of aromatic amines is 1. The Bertz CT molecular complexity index is 1510. The van der Waals surface area contributed by atoms with Crippen LogP contribution < -0.4 is 4.74 Å². The van der Waals surface area contributed by atoms with Crippen molar-refractivity contribution in [1.82, 2.24) is 14.9 Å². The molecule has 2 aromatic heterocycles. The van der Waals surface area contributed by atoms with Crippen LogP contribution in [0.15, 0.2) is 53.6 Å². The first-order valence-electron chi connectivity index (χ1n) is 12.0. The van der Waals surface area contributed by atoms with Gasteiger partial charge in [-0.2, -0.15) is 13.2 Å². The minimum atomic E-state index is -4.27. The van der Waals surface area contributed by atoms with E-state index >= 15 is 0 Å². The summed E-state index contributed by atoms with van der Waals surface area (Å²) in [5, 5.41) is 1.71. The molecule has 2 heterocycles. The van der Waals surface area contributed by atoms with E-state index in [0.717, 1.165) is 27.5 Å². The van der Waals surface area contributed by atoms with Gasteiger partial charge in [0.25, 0.3) is 0 Å². The van der Waals surface area contributed by atoms with E-state index in [0.29, 0.717) is 23.3 Å². The lowest BCUT2D eigenvalue weighted by Gasteiger charge is -2.21. The number of fused-ring (bicyclic) bond motifs is 3. The van der Waals surface area contributed by atoms with Gasteiger partial charge in [0.15, 0.2) is 9.84 Å². The van der Waals surface area contributed by atoms with E-state index < -0.39 is 22.6 Å². The van der Waals surface area contributed by atoms with Crippen LogP contribution >= 0.6 is 0 Å². The van der Waals surface area contributed by atoms with Crippen LogP contribution in [0, 0.1) is 13.8 Å². The van der Waals surface area contributed by atoms with E-state index in [9.17, 15) is 21.6 Å². The second-order valence-electron chi connectivity index (χ2n) is 8.92. The van der Waals surface area contributed by atoms with Gasteiger partial charge in [0.05, 0.1) is 29.3 Å². The molecule has 0 amide bonds. The van der Waals surface area contributed by atoms with E-state index in [1.54, 1.807) is 37.4 Å². The number of nitrogens with zero attached hydrogens (tertiary/aromatic N) is 2. The van der Waals surface area contributed by atoms with Crippen LogP contribution in [0.4, 0.5) is 13.2 Å². The summed E-state index contributed by atoms with van der Waals surface area (Å²) in [6, 6.07) is 12.5. The number of nitrogens with one attached hydrogen (secondary N) is 1. The van der Waals surface area contributed by atoms with Crippen molar-refractivity contribution < 1.29 is 26.3 Å². The molecule has 0 saturated heterocycles. The Labute approximate surface area is 214 Å². The van der Waals surface area contributed by atoms with Crippen molar-refractivity contribution >= 4 is 31.8 Å². The molecule has 4 aromatic rings. The highest BCUT2D eigenvalue weighted by molar-refractivity contribution is 7.91. The highest BCUT2D eigenvalue weighted by Crippen LogP contribution is 2.39. The SMILES string of the molecule is [CH2]CN(CCCOc1ccc(-c2cccc(S(=O)(=O)CC)c2)c2c1[nH]c1ncc(C)cc12)CC(F)(F)F. The Kier molecular flexibility index (Phi) is 7.80. The van der Waals surface area contributed by atoms with Gasteiger partial charge < -0.3 is 9.72 Å². The summed E-state index contributed by atoms with van der Waals surface area (Å²) in [4.78, 5) is 9.29. The number of hydrogen-bond acceptors (Lipinski definition) is 5. The monoisotopic (exact) mass is 532 g/mol. The van der Waals surface area contributed by atoms with Gasteiger partial charge in [-0.25, -0.2) is 13.4 Å². The van der Waals surface area contributed by atoms with Crippen LogP contribution in [0.3, 0.4) is 0 Å². The maximum Gasteiger partial charge on any atom is 0.401 e. The molecule has 4 rings (SSSR count). The summed E-state index contributed by atoms with van der Waals surface area (Å²) in [5.74, 6) is 0.548. The van der Waals surface area contributed by atoms with Crippen molar-refractivity contribution in [3.63, 3.8) is 0 Å². The van der Waals surface area contributed by atoms with Crippen LogP contribution in [0.5, 0.6) is 5.75 Å². The maximum atomic E-state index is 12.7. The first-order chi connectivity index (χ1) is 17.5. The number of aryl methyl sites for hydroxylation is 1. The molecule has 0 aliphatic carbocycles. The lowest BCUT2D eigenvalue weighted by Crippen LogP contribution is -2.35. The fourth-order valence-corrected chi connectivity index (χ4v) is 5.27. The van der Waals surface area contributed by atoms with Gasteiger partial charge in [-0.1, -0.05) is 19.1 Å². The van der Waals surface area contributed by atoms with Gasteiger partial charge in [-0.15, -0.1) is 0 Å². The molecular weight excluding hydrogens is 503 g/mol. The number of pyridine rings is 1. The molecular formula is C27H29F3N3O3S. The van der Waals surface area contributed by atoms with Crippen LogP contribution in [-0.4, -0.2) is 61.5 Å². The topological polar surface area (TPSA) is 75.3 Å². The zero-order valence-electron chi connectivity index (χ0n) is 20.7. The van der Waals surface area contributed by atoms with Crippen molar-refractivity contribution in [2.75, 3.05) is 32.0 Å². The molecule has 0 aliphatic heterocycles. The van der Waals surface area contributed by atoms with Crippen LogP contribution in [-0.2, 0) is 9.84 Å². The number of sulfone groups is 1. The summed E-state index contributed by atoms with van der Waals surface area (Å²) in [7, 11) is -3.39. The van der Waals surface area contributed by atoms with E-state index in [1.807, 2.05) is 25.1 Å². The molecule has 0 atom stereocenters. The quantitative estimate of drug-likeness (QED) is 0.256. The number of rotatable bonds is 10. The predicted octanol–water partition coefficient (Wildman–Crippen LogP) is 5.95. The molecule has 6 nitrogen and oxygen atoms in total. The molecule has 197 valence electrons. The number of aromatic nitrogens is 2. The maximum absolute atomic E-state index is 12.7. The highest BCUT2D eigenvalue weighted by atomic mass is 32.2. The largest absolute Gasteiger partial charge is 0.491 e. The standard InChI is InChI=1S/C27H29F3N3O3S/c1-4-33(17-27(28,29)30)12-7-13-36-23-11-10-21(19-8-6-9-20(15-19)37(34,35)5-2)24-22-14-18(3)16-31-26(22)32-25(23)24/h6,8-11,14-16H,1,4-5,7,12-13,17H2,2-3H3,(H,31,32). The number of benzene rings is 2. The fourth-order valence-electron chi connectivity index (χ4n) is 4.34. The molecule has 1 N–H and O–H groups in total. The molecule has 0 unspecified atom stereocenters. The smallest absolute Gasteiger partial charge is 0.401 e. The third-order valence-corrected chi connectivity index (χ3v) is 7.92. The minimum absolute atomic E-state index is 0.00331. The minimum Gasteiger partial charge on any atom is -0.491 e. The van der Waals surface area contributed by atoms with Crippen LogP contribution in [0.25, 0.3) is 33.1 Å². The fraction of sp³-hybridized carbons (Fsp3) is 0.333. The Morgan fingerprint density at radius 2 is 1.95 bits per heavy atom. The van der Waals surface area contributed by atoms with Gasteiger partial charge in [0, 0.05) is 23.5 Å². The third-order valence-electron chi connectivity index (χ3n) is 6.18. The molecule has 0 aliphatic rings. The second-order valence-corrected chi connectivity index (χ2v) is 11.2. The van der Waals surface area contributed by atoms with E-state index in [2.05, 4.69) is 16.9 Å². The summed E-state index contributed by atoms with van der Waals surface area (Å²) in [5.41, 5.74) is 3.88. The Morgan fingerprint density at radius 1 is 1.16 bits per heavy atom. The van der Waals surface area contributed by atoms with E-state index in [-0.39, 0.29) is 30.3 Å². The van der Waals surface area contributed by atoms with Crippen LogP contribution in [0.1, 0.15) is 18.9 Å². The molecule has 1 radical (unpaired) electrons. The van der Waals surface area contributed by atoms with E-state index in [4.69, 9.17) is 4.74 Å². The van der Waals surface area contributed by atoms with Crippen molar-refractivity contribution in [1.29, 1.82) is 0 Å². The second kappa shape index (κ2) is 10.7. The lowest BCUT2D eigenvalue weighted by atomic mass is 9.99. The number of halogens is 3. The Balaban J connectivity index is 1.69. The van der Waals surface area contributed by atoms with Gasteiger partial charge in [-0.05, 0) is 73.8 Å². The summed E-state index contributed by atoms with van der Waals surface area (Å²) >= 11 is 0. The first kappa shape index (κ1) is 26.9. The van der Waals surface area contributed by atoms with Gasteiger partial charge in [0.1, 0.15) is 11.4 Å². The Morgan fingerprint density at radius 3 is 2.65 bits per heavy atom. The van der Waals surface area contributed by atoms with Gasteiger partial charge in [-0.3, -0.25) is 4.90 Å². The Hall–Kier alpha value is -3.11. The molecule has 2 aromatic carbocycles. The lowest BCUT2D eigenvalue weighted by molar-refractivity contribution is -0.145. The normalized spacial score (nSPS) is 12.6. The summed E-state index contributed by atoms with van der Waals surface area (Å²) < 4.78 is 69.1. The van der Waals surface area contributed by atoms with Crippen molar-refractivity contribution in [3.8, 4) is 16.9 Å².